The third-order valence-corrected chi connectivity index (χ3v) is 4.88. The number of rotatable bonds is 4. The number of phenolic OH excluding ortho intramolecular Hbond substituents is 1. The van der Waals surface area contributed by atoms with Crippen LogP contribution >= 0.6 is 11.6 Å². The molecule has 120 valence electrons. The van der Waals surface area contributed by atoms with Crippen LogP contribution in [0.4, 0.5) is 0 Å². The van der Waals surface area contributed by atoms with Crippen LogP contribution in [-0.4, -0.2) is 29.0 Å². The Labute approximate surface area is 140 Å². The number of hydrogen-bond donors (Lipinski definition) is 2. The molecule has 2 aromatic rings. The zero-order valence-electron chi connectivity index (χ0n) is 12.7. The second-order valence-electron chi connectivity index (χ2n) is 5.97. The Morgan fingerprint density at radius 1 is 1.17 bits per heavy atom. The molecule has 0 unspecified atom stereocenters. The summed E-state index contributed by atoms with van der Waals surface area (Å²) < 4.78 is 0. The Balaban J connectivity index is 1.80. The highest BCUT2D eigenvalue weighted by atomic mass is 35.5. The van der Waals surface area contributed by atoms with Crippen LogP contribution in [0.5, 0.6) is 5.75 Å². The van der Waals surface area contributed by atoms with Crippen molar-refractivity contribution >= 4 is 17.5 Å². The number of nitrogens with two attached hydrogens (primary N) is 1. The van der Waals surface area contributed by atoms with E-state index in [0.29, 0.717) is 18.1 Å². The zero-order chi connectivity index (χ0) is 16.4. The van der Waals surface area contributed by atoms with E-state index in [4.69, 9.17) is 17.3 Å². The normalized spacial score (nSPS) is 21.4. The van der Waals surface area contributed by atoms with Gasteiger partial charge in [0, 0.05) is 25.6 Å². The van der Waals surface area contributed by atoms with Gasteiger partial charge in [-0.3, -0.25) is 9.69 Å². The number of phenols is 1. The molecule has 1 amide bonds. The SMILES string of the molecule is NC(=O)[C@@H]1CN(Cc2cccc(O)c2Cl)C[C@H]1c1ccccc1. The van der Waals surface area contributed by atoms with Crippen LogP contribution < -0.4 is 5.73 Å². The topological polar surface area (TPSA) is 66.6 Å². The molecule has 0 saturated carbocycles. The molecule has 4 nitrogen and oxygen atoms in total. The first-order chi connectivity index (χ1) is 11.1. The lowest BCUT2D eigenvalue weighted by Crippen LogP contribution is -2.29. The Kier molecular flexibility index (Phi) is 4.55. The predicted molar refractivity (Wildman–Crippen MR) is 90.3 cm³/mol. The molecule has 1 aliphatic rings. The lowest BCUT2D eigenvalue weighted by Gasteiger charge is -2.17. The molecule has 1 fully saturated rings. The lowest BCUT2D eigenvalue weighted by atomic mass is 9.89. The van der Waals surface area contributed by atoms with Crippen molar-refractivity contribution < 1.29 is 9.90 Å². The van der Waals surface area contributed by atoms with Gasteiger partial charge in [0.2, 0.25) is 5.91 Å². The van der Waals surface area contributed by atoms with Crippen LogP contribution in [0.3, 0.4) is 0 Å². The first-order valence-electron chi connectivity index (χ1n) is 7.59. The zero-order valence-corrected chi connectivity index (χ0v) is 13.4. The number of amides is 1. The van der Waals surface area contributed by atoms with Crippen molar-refractivity contribution in [2.24, 2.45) is 11.7 Å². The maximum absolute atomic E-state index is 11.8. The molecular weight excluding hydrogens is 312 g/mol. The number of carbonyl (C=O) groups is 1. The number of halogens is 1. The van der Waals surface area contributed by atoms with E-state index in [1.54, 1.807) is 12.1 Å². The van der Waals surface area contributed by atoms with Crippen LogP contribution in [0, 0.1) is 5.92 Å². The van der Waals surface area contributed by atoms with Crippen molar-refractivity contribution in [3.05, 3.63) is 64.7 Å². The summed E-state index contributed by atoms with van der Waals surface area (Å²) in [5.41, 5.74) is 7.58. The Hall–Kier alpha value is -2.04. The molecule has 1 aliphatic heterocycles. The van der Waals surface area contributed by atoms with Gasteiger partial charge < -0.3 is 10.8 Å². The summed E-state index contributed by atoms with van der Waals surface area (Å²) in [5.74, 6) is -0.323. The summed E-state index contributed by atoms with van der Waals surface area (Å²) in [7, 11) is 0. The fraction of sp³-hybridized carbons (Fsp3) is 0.278. The second kappa shape index (κ2) is 6.60. The van der Waals surface area contributed by atoms with E-state index in [1.807, 2.05) is 36.4 Å². The van der Waals surface area contributed by atoms with E-state index in [1.165, 1.54) is 0 Å². The van der Waals surface area contributed by atoms with Gasteiger partial charge in [0.25, 0.3) is 0 Å². The average molecular weight is 331 g/mol. The summed E-state index contributed by atoms with van der Waals surface area (Å²) in [6.45, 7) is 1.92. The van der Waals surface area contributed by atoms with E-state index in [-0.39, 0.29) is 23.5 Å². The van der Waals surface area contributed by atoms with Gasteiger partial charge in [0.05, 0.1) is 10.9 Å². The largest absolute Gasteiger partial charge is 0.506 e. The molecule has 0 aliphatic carbocycles. The molecule has 1 heterocycles. The summed E-state index contributed by atoms with van der Waals surface area (Å²) in [6.07, 6.45) is 0. The van der Waals surface area contributed by atoms with Crippen LogP contribution in [0.1, 0.15) is 17.0 Å². The molecule has 0 spiro atoms. The van der Waals surface area contributed by atoms with Gasteiger partial charge in [0.15, 0.2) is 0 Å². The number of likely N-dealkylation sites (tertiary alicyclic amines) is 1. The molecule has 5 heteroatoms. The number of hydrogen-bond acceptors (Lipinski definition) is 3. The van der Waals surface area contributed by atoms with Crippen molar-refractivity contribution in [1.29, 1.82) is 0 Å². The third-order valence-electron chi connectivity index (χ3n) is 4.44. The highest BCUT2D eigenvalue weighted by Crippen LogP contribution is 2.35. The van der Waals surface area contributed by atoms with Crippen molar-refractivity contribution in [3.8, 4) is 5.75 Å². The van der Waals surface area contributed by atoms with Gasteiger partial charge in [0.1, 0.15) is 5.75 Å². The van der Waals surface area contributed by atoms with Crippen molar-refractivity contribution in [2.45, 2.75) is 12.5 Å². The number of primary amides is 1. The maximum atomic E-state index is 11.8. The molecule has 0 aromatic heterocycles. The molecule has 3 N–H and O–H groups in total. The molecule has 0 bridgehead atoms. The fourth-order valence-electron chi connectivity index (χ4n) is 3.27. The van der Waals surface area contributed by atoms with Crippen LogP contribution in [0.15, 0.2) is 48.5 Å². The molecule has 3 rings (SSSR count). The standard InChI is InChI=1S/C18H19ClN2O2/c19-17-13(7-4-8-16(17)22)9-21-10-14(15(11-21)18(20)23)12-5-2-1-3-6-12/h1-8,14-15,22H,9-11H2,(H2,20,23)/t14-,15+/m0/s1. The summed E-state index contributed by atoms with van der Waals surface area (Å²) in [4.78, 5) is 14.0. The Bertz CT molecular complexity index is 705. The highest BCUT2D eigenvalue weighted by molar-refractivity contribution is 6.32. The highest BCUT2D eigenvalue weighted by Gasteiger charge is 2.37. The number of benzene rings is 2. The second-order valence-corrected chi connectivity index (χ2v) is 6.35. The quantitative estimate of drug-likeness (QED) is 0.905. The van der Waals surface area contributed by atoms with Gasteiger partial charge in [-0.05, 0) is 17.2 Å². The van der Waals surface area contributed by atoms with Crippen LogP contribution in [0.25, 0.3) is 0 Å². The molecule has 1 saturated heterocycles. The first-order valence-corrected chi connectivity index (χ1v) is 7.97. The van der Waals surface area contributed by atoms with Gasteiger partial charge in [-0.2, -0.15) is 0 Å². The van der Waals surface area contributed by atoms with Crippen molar-refractivity contribution in [3.63, 3.8) is 0 Å². The van der Waals surface area contributed by atoms with E-state index < -0.39 is 0 Å². The fourth-order valence-corrected chi connectivity index (χ4v) is 3.46. The van der Waals surface area contributed by atoms with Gasteiger partial charge in [-0.25, -0.2) is 0 Å². The van der Waals surface area contributed by atoms with E-state index in [0.717, 1.165) is 17.7 Å². The smallest absolute Gasteiger partial charge is 0.222 e. The van der Waals surface area contributed by atoms with Crippen molar-refractivity contribution in [2.75, 3.05) is 13.1 Å². The lowest BCUT2D eigenvalue weighted by molar-refractivity contribution is -0.121. The number of aromatic hydroxyl groups is 1. The predicted octanol–water partition coefficient (Wildman–Crippen LogP) is 2.75. The molecule has 23 heavy (non-hydrogen) atoms. The minimum Gasteiger partial charge on any atom is -0.506 e. The Morgan fingerprint density at radius 2 is 1.91 bits per heavy atom. The van der Waals surface area contributed by atoms with Crippen LogP contribution in [-0.2, 0) is 11.3 Å². The molecular formula is C18H19ClN2O2. The molecule has 0 radical (unpaired) electrons. The van der Waals surface area contributed by atoms with Crippen molar-refractivity contribution in [1.82, 2.24) is 4.90 Å². The van der Waals surface area contributed by atoms with Crippen LogP contribution in [0.2, 0.25) is 5.02 Å². The third kappa shape index (κ3) is 3.33. The van der Waals surface area contributed by atoms with Gasteiger partial charge in [-0.15, -0.1) is 0 Å². The first kappa shape index (κ1) is 15.8. The number of carbonyl (C=O) groups excluding carboxylic acids is 1. The van der Waals surface area contributed by atoms with E-state index in [2.05, 4.69) is 4.90 Å². The van der Waals surface area contributed by atoms with E-state index in [9.17, 15) is 9.90 Å². The minimum atomic E-state index is -0.275. The van der Waals surface area contributed by atoms with E-state index >= 15 is 0 Å². The molecule has 2 aromatic carbocycles. The summed E-state index contributed by atoms with van der Waals surface area (Å²) >= 11 is 6.16. The van der Waals surface area contributed by atoms with Gasteiger partial charge >= 0.3 is 0 Å². The monoisotopic (exact) mass is 330 g/mol. The molecule has 2 atom stereocenters. The summed E-state index contributed by atoms with van der Waals surface area (Å²) in [5, 5.41) is 10.1. The average Bonchev–Trinajstić information content (AvgIpc) is 2.97. The maximum Gasteiger partial charge on any atom is 0.222 e. The van der Waals surface area contributed by atoms with Gasteiger partial charge in [-0.1, -0.05) is 54.1 Å². The minimum absolute atomic E-state index is 0.0782. The Morgan fingerprint density at radius 3 is 2.61 bits per heavy atom. The number of nitrogens with zero attached hydrogens (tertiary/aromatic N) is 1. The summed E-state index contributed by atoms with van der Waals surface area (Å²) in [6, 6.07) is 15.2.